The first-order valence-corrected chi connectivity index (χ1v) is 7.78. The predicted octanol–water partition coefficient (Wildman–Crippen LogP) is 3.65. The van der Waals surface area contributed by atoms with Gasteiger partial charge < -0.3 is 14.8 Å². The standard InChI is InChI=1S/C15H23NO2S/c1-15(2)7-8-19-10-14(15)16-11-5-6-12(17-3)13(9-11)18-4/h5-6,9,14,16H,7-8,10H2,1-4H3. The van der Waals surface area contributed by atoms with Crippen LogP contribution < -0.4 is 14.8 Å². The van der Waals surface area contributed by atoms with Crippen LogP contribution in [0.5, 0.6) is 11.5 Å². The smallest absolute Gasteiger partial charge is 0.162 e. The number of anilines is 1. The summed E-state index contributed by atoms with van der Waals surface area (Å²) in [5.41, 5.74) is 1.43. The highest BCUT2D eigenvalue weighted by atomic mass is 32.2. The van der Waals surface area contributed by atoms with Gasteiger partial charge in [0.2, 0.25) is 0 Å². The van der Waals surface area contributed by atoms with Gasteiger partial charge in [-0.2, -0.15) is 11.8 Å². The SMILES string of the molecule is COc1ccc(NC2CSCCC2(C)C)cc1OC. The minimum absolute atomic E-state index is 0.332. The van der Waals surface area contributed by atoms with Crippen molar-refractivity contribution in [1.82, 2.24) is 0 Å². The van der Waals surface area contributed by atoms with Crippen LogP contribution in [0.1, 0.15) is 20.3 Å². The molecule has 1 aliphatic heterocycles. The Morgan fingerprint density at radius 3 is 2.58 bits per heavy atom. The summed E-state index contributed by atoms with van der Waals surface area (Å²) in [5, 5.41) is 3.64. The van der Waals surface area contributed by atoms with Gasteiger partial charge in [-0.15, -0.1) is 0 Å². The maximum absolute atomic E-state index is 5.35. The second-order valence-corrected chi connectivity index (χ2v) is 6.73. The number of rotatable bonds is 4. The lowest BCUT2D eigenvalue weighted by atomic mass is 9.82. The summed E-state index contributed by atoms with van der Waals surface area (Å²) in [7, 11) is 3.33. The largest absolute Gasteiger partial charge is 0.493 e. The lowest BCUT2D eigenvalue weighted by Gasteiger charge is -2.39. The molecule has 1 unspecified atom stereocenters. The first-order valence-electron chi connectivity index (χ1n) is 6.63. The molecule has 4 heteroatoms. The van der Waals surface area contributed by atoms with Gasteiger partial charge in [0.1, 0.15) is 0 Å². The van der Waals surface area contributed by atoms with Crippen molar-refractivity contribution >= 4 is 17.4 Å². The average Bonchev–Trinajstić information content (AvgIpc) is 2.41. The normalized spacial score (nSPS) is 21.8. The molecule has 1 saturated heterocycles. The Hall–Kier alpha value is -1.03. The second-order valence-electron chi connectivity index (χ2n) is 5.58. The average molecular weight is 281 g/mol. The third-order valence-corrected chi connectivity index (χ3v) is 4.90. The topological polar surface area (TPSA) is 30.5 Å². The number of methoxy groups -OCH3 is 2. The Bertz CT molecular complexity index is 434. The maximum atomic E-state index is 5.35. The van der Waals surface area contributed by atoms with E-state index in [4.69, 9.17) is 9.47 Å². The van der Waals surface area contributed by atoms with Gasteiger partial charge in [0, 0.05) is 23.5 Å². The number of benzene rings is 1. The van der Waals surface area contributed by atoms with Gasteiger partial charge in [-0.05, 0) is 29.7 Å². The number of nitrogens with one attached hydrogen (secondary N) is 1. The van der Waals surface area contributed by atoms with Gasteiger partial charge >= 0.3 is 0 Å². The Labute approximate surface area is 120 Å². The van der Waals surface area contributed by atoms with Gasteiger partial charge in [-0.3, -0.25) is 0 Å². The summed E-state index contributed by atoms with van der Waals surface area (Å²) in [6, 6.07) is 6.50. The van der Waals surface area contributed by atoms with Crippen LogP contribution in [-0.4, -0.2) is 31.8 Å². The van der Waals surface area contributed by atoms with Crippen LogP contribution in [0.15, 0.2) is 18.2 Å². The van der Waals surface area contributed by atoms with E-state index in [0.29, 0.717) is 11.5 Å². The Morgan fingerprint density at radius 2 is 1.95 bits per heavy atom. The molecule has 1 atom stereocenters. The highest BCUT2D eigenvalue weighted by Gasteiger charge is 2.32. The van der Waals surface area contributed by atoms with E-state index in [0.717, 1.165) is 22.9 Å². The van der Waals surface area contributed by atoms with E-state index >= 15 is 0 Å². The van der Waals surface area contributed by atoms with Crippen LogP contribution in [0.3, 0.4) is 0 Å². The second kappa shape index (κ2) is 5.95. The molecule has 0 radical (unpaired) electrons. The zero-order valence-electron chi connectivity index (χ0n) is 12.2. The van der Waals surface area contributed by atoms with E-state index in [2.05, 4.69) is 25.2 Å². The summed E-state index contributed by atoms with van der Waals surface area (Å²) in [6.45, 7) is 4.68. The summed E-state index contributed by atoms with van der Waals surface area (Å²) in [6.07, 6.45) is 1.25. The van der Waals surface area contributed by atoms with E-state index in [1.807, 2.05) is 23.9 Å². The number of hydrogen-bond donors (Lipinski definition) is 1. The Kier molecular flexibility index (Phi) is 4.50. The monoisotopic (exact) mass is 281 g/mol. The molecular formula is C15H23NO2S. The summed E-state index contributed by atoms with van der Waals surface area (Å²) in [5.74, 6) is 3.96. The lowest BCUT2D eigenvalue weighted by Crippen LogP contribution is -2.41. The minimum atomic E-state index is 0.332. The minimum Gasteiger partial charge on any atom is -0.493 e. The Balaban J connectivity index is 2.14. The molecule has 19 heavy (non-hydrogen) atoms. The fourth-order valence-corrected chi connectivity index (χ4v) is 3.91. The van der Waals surface area contributed by atoms with Crippen molar-refractivity contribution in [3.05, 3.63) is 18.2 Å². The van der Waals surface area contributed by atoms with Crippen molar-refractivity contribution in [2.75, 3.05) is 31.0 Å². The third-order valence-electron chi connectivity index (χ3n) is 3.84. The summed E-state index contributed by atoms with van der Waals surface area (Å²) < 4.78 is 10.6. The van der Waals surface area contributed by atoms with Gasteiger partial charge in [0.25, 0.3) is 0 Å². The molecule has 1 N–H and O–H groups in total. The molecule has 2 rings (SSSR count). The zero-order chi connectivity index (χ0) is 13.9. The first kappa shape index (κ1) is 14.4. The van der Waals surface area contributed by atoms with Gasteiger partial charge in [-0.25, -0.2) is 0 Å². The highest BCUT2D eigenvalue weighted by Crippen LogP contribution is 2.37. The number of thioether (sulfide) groups is 1. The van der Waals surface area contributed by atoms with E-state index in [1.54, 1.807) is 14.2 Å². The fraction of sp³-hybridized carbons (Fsp3) is 0.600. The summed E-state index contributed by atoms with van der Waals surface area (Å²) >= 11 is 2.02. The van der Waals surface area contributed by atoms with Crippen LogP contribution in [0, 0.1) is 5.41 Å². The van der Waals surface area contributed by atoms with Crippen LogP contribution in [0.4, 0.5) is 5.69 Å². The molecule has 1 heterocycles. The maximum Gasteiger partial charge on any atom is 0.162 e. The molecule has 1 fully saturated rings. The molecule has 0 aliphatic carbocycles. The lowest BCUT2D eigenvalue weighted by molar-refractivity contribution is 0.305. The zero-order valence-corrected chi connectivity index (χ0v) is 13.0. The molecule has 1 aromatic rings. The number of ether oxygens (including phenoxy) is 2. The molecule has 0 aromatic heterocycles. The Morgan fingerprint density at radius 1 is 1.21 bits per heavy atom. The van der Waals surface area contributed by atoms with E-state index in [-0.39, 0.29) is 0 Å². The fourth-order valence-electron chi connectivity index (χ4n) is 2.30. The molecule has 0 amide bonds. The van der Waals surface area contributed by atoms with Crippen LogP contribution in [-0.2, 0) is 0 Å². The van der Waals surface area contributed by atoms with Crippen molar-refractivity contribution in [2.45, 2.75) is 26.3 Å². The first-order chi connectivity index (χ1) is 9.06. The van der Waals surface area contributed by atoms with Crippen LogP contribution in [0.2, 0.25) is 0 Å². The molecule has 1 aliphatic rings. The summed E-state index contributed by atoms with van der Waals surface area (Å²) in [4.78, 5) is 0. The van der Waals surface area contributed by atoms with Crippen molar-refractivity contribution in [3.8, 4) is 11.5 Å². The van der Waals surface area contributed by atoms with Crippen molar-refractivity contribution in [3.63, 3.8) is 0 Å². The van der Waals surface area contributed by atoms with E-state index in [1.165, 1.54) is 12.2 Å². The molecule has 0 spiro atoms. The highest BCUT2D eigenvalue weighted by molar-refractivity contribution is 7.99. The molecule has 3 nitrogen and oxygen atoms in total. The quantitative estimate of drug-likeness (QED) is 0.912. The molecule has 0 saturated carbocycles. The van der Waals surface area contributed by atoms with Crippen LogP contribution in [0.25, 0.3) is 0 Å². The van der Waals surface area contributed by atoms with Crippen molar-refractivity contribution in [2.24, 2.45) is 5.41 Å². The third kappa shape index (κ3) is 3.30. The van der Waals surface area contributed by atoms with Crippen molar-refractivity contribution in [1.29, 1.82) is 0 Å². The van der Waals surface area contributed by atoms with Gasteiger partial charge in [0.05, 0.1) is 14.2 Å². The predicted molar refractivity (Wildman–Crippen MR) is 82.7 cm³/mol. The molecule has 0 bridgehead atoms. The molecule has 106 valence electrons. The molecular weight excluding hydrogens is 258 g/mol. The van der Waals surface area contributed by atoms with Gasteiger partial charge in [-0.1, -0.05) is 13.8 Å². The number of hydrogen-bond acceptors (Lipinski definition) is 4. The van der Waals surface area contributed by atoms with E-state index < -0.39 is 0 Å². The molecule has 1 aromatic carbocycles. The van der Waals surface area contributed by atoms with Crippen molar-refractivity contribution < 1.29 is 9.47 Å². The van der Waals surface area contributed by atoms with E-state index in [9.17, 15) is 0 Å². The van der Waals surface area contributed by atoms with Gasteiger partial charge in [0.15, 0.2) is 11.5 Å². The van der Waals surface area contributed by atoms with Crippen LogP contribution >= 0.6 is 11.8 Å².